The second kappa shape index (κ2) is 5.65. The van der Waals surface area contributed by atoms with Crippen LogP contribution in [0.25, 0.3) is 0 Å². The molecule has 0 unspecified atom stereocenters. The van der Waals surface area contributed by atoms with Gasteiger partial charge in [-0.25, -0.2) is 17.5 Å². The normalized spacial score (nSPS) is 12.2. The van der Waals surface area contributed by atoms with E-state index in [1.165, 1.54) is 12.1 Å². The maximum Gasteiger partial charge on any atom is 0.242 e. The summed E-state index contributed by atoms with van der Waals surface area (Å²) in [6.45, 7) is 3.12. The Morgan fingerprint density at radius 3 is 2.63 bits per heavy atom. The fourth-order valence-corrected chi connectivity index (χ4v) is 2.67. The zero-order valence-corrected chi connectivity index (χ0v) is 11.5. The Kier molecular flexibility index (Phi) is 4.63. The van der Waals surface area contributed by atoms with Crippen LogP contribution in [0.3, 0.4) is 0 Å². The van der Waals surface area contributed by atoms with Crippen LogP contribution in [0.2, 0.25) is 0 Å². The highest BCUT2D eigenvalue weighted by Crippen LogP contribution is 2.19. The number of benzene rings is 1. The standard InChI is InChI=1S/C12H15FN2O3S/c1-12(2,8-16)7-15-19(17,18)11-5-3-4-10(13)9(11)6-14/h3-5,15-16H,7-8H2,1-2H3. The lowest BCUT2D eigenvalue weighted by Gasteiger charge is -2.21. The van der Waals surface area contributed by atoms with E-state index in [1.807, 2.05) is 0 Å². The van der Waals surface area contributed by atoms with Gasteiger partial charge in [-0.2, -0.15) is 5.26 Å². The molecule has 0 atom stereocenters. The van der Waals surface area contributed by atoms with Crippen LogP contribution in [0.1, 0.15) is 19.4 Å². The van der Waals surface area contributed by atoms with Crippen molar-refractivity contribution in [3.63, 3.8) is 0 Å². The van der Waals surface area contributed by atoms with Crippen LogP contribution in [0.15, 0.2) is 23.1 Å². The van der Waals surface area contributed by atoms with Gasteiger partial charge in [0.1, 0.15) is 22.3 Å². The first kappa shape index (κ1) is 15.6. The molecule has 104 valence electrons. The Balaban J connectivity index is 3.10. The number of nitrogens with one attached hydrogen (secondary N) is 1. The van der Waals surface area contributed by atoms with Crippen LogP contribution >= 0.6 is 0 Å². The number of nitriles is 1. The molecule has 0 radical (unpaired) electrons. The van der Waals surface area contributed by atoms with Gasteiger partial charge >= 0.3 is 0 Å². The Morgan fingerprint density at radius 1 is 1.47 bits per heavy atom. The zero-order valence-electron chi connectivity index (χ0n) is 10.6. The molecule has 0 amide bonds. The van der Waals surface area contributed by atoms with Gasteiger partial charge in [-0.1, -0.05) is 19.9 Å². The number of sulfonamides is 1. The molecule has 1 aromatic carbocycles. The van der Waals surface area contributed by atoms with Crippen molar-refractivity contribution in [3.05, 3.63) is 29.6 Å². The Morgan fingerprint density at radius 2 is 2.11 bits per heavy atom. The molecule has 0 aromatic heterocycles. The lowest BCUT2D eigenvalue weighted by atomic mass is 9.96. The van der Waals surface area contributed by atoms with Crippen molar-refractivity contribution in [2.24, 2.45) is 5.41 Å². The van der Waals surface area contributed by atoms with E-state index in [0.29, 0.717) is 0 Å². The van der Waals surface area contributed by atoms with Gasteiger partial charge in [0, 0.05) is 18.6 Å². The number of aliphatic hydroxyl groups is 1. The number of aliphatic hydroxyl groups excluding tert-OH is 1. The molecule has 0 fully saturated rings. The summed E-state index contributed by atoms with van der Waals surface area (Å²) >= 11 is 0. The molecular formula is C12H15FN2O3S. The molecule has 0 aliphatic heterocycles. The van der Waals surface area contributed by atoms with Crippen molar-refractivity contribution in [3.8, 4) is 6.07 Å². The van der Waals surface area contributed by atoms with E-state index in [0.717, 1.165) is 12.1 Å². The summed E-state index contributed by atoms with van der Waals surface area (Å²) in [5, 5.41) is 17.9. The second-order valence-electron chi connectivity index (χ2n) is 4.87. The SMILES string of the molecule is CC(C)(CO)CNS(=O)(=O)c1cccc(F)c1C#N. The maximum atomic E-state index is 13.4. The minimum Gasteiger partial charge on any atom is -0.396 e. The monoisotopic (exact) mass is 286 g/mol. The van der Waals surface area contributed by atoms with Crippen molar-refractivity contribution in [1.82, 2.24) is 4.72 Å². The second-order valence-corrected chi connectivity index (χ2v) is 6.61. The minimum absolute atomic E-state index is 0.0206. The van der Waals surface area contributed by atoms with E-state index in [1.54, 1.807) is 13.8 Å². The summed E-state index contributed by atoms with van der Waals surface area (Å²) in [4.78, 5) is -0.399. The number of halogens is 1. The molecule has 5 nitrogen and oxygen atoms in total. The van der Waals surface area contributed by atoms with E-state index >= 15 is 0 Å². The number of rotatable bonds is 5. The fourth-order valence-electron chi connectivity index (χ4n) is 1.26. The third kappa shape index (κ3) is 3.73. The van der Waals surface area contributed by atoms with Gasteiger partial charge in [-0.05, 0) is 12.1 Å². The fraction of sp³-hybridized carbons (Fsp3) is 0.417. The van der Waals surface area contributed by atoms with Gasteiger partial charge in [-0.3, -0.25) is 0 Å². The smallest absolute Gasteiger partial charge is 0.242 e. The number of hydrogen-bond acceptors (Lipinski definition) is 4. The van der Waals surface area contributed by atoms with Crippen molar-refractivity contribution in [1.29, 1.82) is 5.26 Å². The average molecular weight is 286 g/mol. The molecule has 2 N–H and O–H groups in total. The van der Waals surface area contributed by atoms with Crippen molar-refractivity contribution < 1.29 is 17.9 Å². The van der Waals surface area contributed by atoms with E-state index in [9.17, 15) is 12.8 Å². The number of hydrogen-bond donors (Lipinski definition) is 2. The van der Waals surface area contributed by atoms with E-state index in [4.69, 9.17) is 10.4 Å². The van der Waals surface area contributed by atoms with Crippen molar-refractivity contribution in [2.75, 3.05) is 13.2 Å². The Bertz CT molecular complexity index is 606. The summed E-state index contributed by atoms with van der Waals surface area (Å²) in [6, 6.07) is 4.95. The predicted molar refractivity (Wildman–Crippen MR) is 67.2 cm³/mol. The minimum atomic E-state index is -3.99. The molecule has 1 aromatic rings. The third-order valence-electron chi connectivity index (χ3n) is 2.55. The molecule has 0 heterocycles. The third-order valence-corrected chi connectivity index (χ3v) is 3.99. The van der Waals surface area contributed by atoms with Gasteiger partial charge in [0.25, 0.3) is 0 Å². The first-order valence-electron chi connectivity index (χ1n) is 5.53. The van der Waals surface area contributed by atoms with Gasteiger partial charge < -0.3 is 5.11 Å². The van der Waals surface area contributed by atoms with Crippen LogP contribution in [0.4, 0.5) is 4.39 Å². The molecule has 19 heavy (non-hydrogen) atoms. The molecule has 7 heteroatoms. The highest BCUT2D eigenvalue weighted by Gasteiger charge is 2.24. The largest absolute Gasteiger partial charge is 0.396 e. The Hall–Kier alpha value is -1.49. The summed E-state index contributed by atoms with van der Waals surface area (Å²) in [5.41, 5.74) is -1.16. The molecule has 0 saturated carbocycles. The van der Waals surface area contributed by atoms with Gasteiger partial charge in [-0.15, -0.1) is 0 Å². The lowest BCUT2D eigenvalue weighted by molar-refractivity contribution is 0.163. The highest BCUT2D eigenvalue weighted by atomic mass is 32.2. The molecule has 0 saturated heterocycles. The average Bonchev–Trinajstić information content (AvgIpc) is 2.36. The van der Waals surface area contributed by atoms with Crippen LogP contribution in [-0.2, 0) is 10.0 Å². The van der Waals surface area contributed by atoms with Crippen LogP contribution in [-0.4, -0.2) is 26.7 Å². The van der Waals surface area contributed by atoms with Gasteiger partial charge in [0.2, 0.25) is 10.0 Å². The summed E-state index contributed by atoms with van der Waals surface area (Å²) in [7, 11) is -3.99. The van der Waals surface area contributed by atoms with E-state index < -0.39 is 31.7 Å². The van der Waals surface area contributed by atoms with E-state index in [-0.39, 0.29) is 13.2 Å². The number of nitrogens with zero attached hydrogens (tertiary/aromatic N) is 1. The van der Waals surface area contributed by atoms with E-state index in [2.05, 4.69) is 4.72 Å². The summed E-state index contributed by atoms with van der Waals surface area (Å²) < 4.78 is 39.7. The topological polar surface area (TPSA) is 90.2 Å². The molecule has 0 bridgehead atoms. The van der Waals surface area contributed by atoms with Crippen LogP contribution in [0, 0.1) is 22.6 Å². The van der Waals surface area contributed by atoms with Crippen molar-refractivity contribution >= 4 is 10.0 Å². The molecule has 0 spiro atoms. The molecule has 0 aliphatic rings. The maximum absolute atomic E-state index is 13.4. The van der Waals surface area contributed by atoms with Crippen molar-refractivity contribution in [2.45, 2.75) is 18.7 Å². The quantitative estimate of drug-likeness (QED) is 0.844. The molecule has 0 aliphatic carbocycles. The zero-order chi connectivity index (χ0) is 14.7. The molecule has 1 rings (SSSR count). The Labute approximate surface area is 111 Å². The summed E-state index contributed by atoms with van der Waals surface area (Å²) in [6.07, 6.45) is 0. The van der Waals surface area contributed by atoms with Crippen LogP contribution < -0.4 is 4.72 Å². The summed E-state index contributed by atoms with van der Waals surface area (Å²) in [5.74, 6) is -0.883. The van der Waals surface area contributed by atoms with Crippen LogP contribution in [0.5, 0.6) is 0 Å². The lowest BCUT2D eigenvalue weighted by Crippen LogP contribution is -2.36. The first-order chi connectivity index (χ1) is 8.73. The van der Waals surface area contributed by atoms with Gasteiger partial charge in [0.05, 0.1) is 0 Å². The predicted octanol–water partition coefficient (Wildman–Crippen LogP) is 0.994. The molecular weight excluding hydrogens is 271 g/mol. The van der Waals surface area contributed by atoms with Gasteiger partial charge in [0.15, 0.2) is 0 Å². The first-order valence-corrected chi connectivity index (χ1v) is 7.01. The highest BCUT2D eigenvalue weighted by molar-refractivity contribution is 7.89.